The second-order valence-electron chi connectivity index (χ2n) is 2.82. The molecule has 0 unspecified atom stereocenters. The van der Waals surface area contributed by atoms with Crippen LogP contribution in [0.25, 0.3) is 6.08 Å². The average molecular weight is 285 g/mol. The smallest absolute Gasteiger partial charge is 0.337 e. The number of aromatic carboxylic acids is 1. The van der Waals surface area contributed by atoms with Crippen LogP contribution in [0, 0.1) is 17.1 Å². The zero-order chi connectivity index (χ0) is 12.3. The van der Waals surface area contributed by atoms with Gasteiger partial charge in [-0.3, -0.25) is 0 Å². The second-order valence-corrected chi connectivity index (χ2v) is 3.62. The summed E-state index contributed by atoms with van der Waals surface area (Å²) in [5.74, 6) is -2.17. The van der Waals surface area contributed by atoms with E-state index in [1.54, 1.807) is 6.07 Å². The fourth-order valence-corrected chi connectivity index (χ4v) is 1.55. The van der Waals surface area contributed by atoms with E-state index in [2.05, 4.69) is 15.9 Å². The molecule has 0 aliphatic heterocycles. The van der Waals surface area contributed by atoms with E-state index in [0.29, 0.717) is 0 Å². The molecule has 0 heterocycles. The lowest BCUT2D eigenvalue weighted by atomic mass is 10.1. The molecule has 4 nitrogen and oxygen atoms in total. The monoisotopic (exact) mass is 284 g/mol. The lowest BCUT2D eigenvalue weighted by molar-refractivity contribution is 0.0697. The standard InChI is InChI=1S/C10H6BrFN2O2/c11-7-5(2-1-3-13)4-6(10(15)16)9(14)8(7)12/h1-2,4H,14H2,(H,15,16)/b2-1+. The summed E-state index contributed by atoms with van der Waals surface area (Å²) >= 11 is 2.94. The highest BCUT2D eigenvalue weighted by Gasteiger charge is 2.17. The third-order valence-corrected chi connectivity index (χ3v) is 2.65. The summed E-state index contributed by atoms with van der Waals surface area (Å²) in [5.41, 5.74) is 4.78. The Bertz CT molecular complexity index is 521. The van der Waals surface area contributed by atoms with Crippen LogP contribution in [0.4, 0.5) is 10.1 Å². The van der Waals surface area contributed by atoms with E-state index in [0.717, 1.165) is 6.08 Å². The maximum absolute atomic E-state index is 13.5. The Morgan fingerprint density at radius 3 is 2.81 bits per heavy atom. The van der Waals surface area contributed by atoms with Crippen LogP contribution in [0.3, 0.4) is 0 Å². The Labute approximate surface area is 98.9 Å². The quantitative estimate of drug-likeness (QED) is 0.645. The summed E-state index contributed by atoms with van der Waals surface area (Å²) in [7, 11) is 0. The summed E-state index contributed by atoms with van der Waals surface area (Å²) < 4.78 is 13.5. The molecule has 16 heavy (non-hydrogen) atoms. The predicted octanol–water partition coefficient (Wildman–Crippen LogP) is 2.41. The van der Waals surface area contributed by atoms with Gasteiger partial charge in [-0.2, -0.15) is 5.26 Å². The number of hydrogen-bond donors (Lipinski definition) is 2. The van der Waals surface area contributed by atoms with Crippen LogP contribution in [0.5, 0.6) is 0 Å². The minimum absolute atomic E-state index is 0.0292. The number of nitrogens with zero attached hydrogens (tertiary/aromatic N) is 1. The molecule has 0 aliphatic rings. The lowest BCUT2D eigenvalue weighted by Crippen LogP contribution is -2.06. The first-order valence-electron chi connectivity index (χ1n) is 4.06. The van der Waals surface area contributed by atoms with Crippen LogP contribution in [-0.4, -0.2) is 11.1 Å². The number of halogens is 2. The molecule has 0 aliphatic carbocycles. The van der Waals surface area contributed by atoms with Crippen LogP contribution in [0.15, 0.2) is 16.6 Å². The Kier molecular flexibility index (Phi) is 3.64. The van der Waals surface area contributed by atoms with Gasteiger partial charge in [-0.15, -0.1) is 0 Å². The van der Waals surface area contributed by atoms with Crippen LogP contribution in [-0.2, 0) is 0 Å². The van der Waals surface area contributed by atoms with Crippen LogP contribution in [0.1, 0.15) is 15.9 Å². The number of hydrogen-bond acceptors (Lipinski definition) is 3. The minimum atomic E-state index is -1.32. The molecule has 0 amide bonds. The van der Waals surface area contributed by atoms with Crippen LogP contribution in [0.2, 0.25) is 0 Å². The summed E-state index contributed by atoms with van der Waals surface area (Å²) in [4.78, 5) is 10.8. The number of carboxylic acid groups (broad SMARTS) is 1. The molecule has 0 aromatic heterocycles. The molecule has 0 radical (unpaired) electrons. The molecule has 0 spiro atoms. The third kappa shape index (κ3) is 2.20. The van der Waals surface area contributed by atoms with Crippen molar-refractivity contribution in [1.29, 1.82) is 5.26 Å². The Hall–Kier alpha value is -1.87. The van der Waals surface area contributed by atoms with Gasteiger partial charge in [0.2, 0.25) is 0 Å². The number of rotatable bonds is 2. The normalized spacial score (nSPS) is 10.3. The van der Waals surface area contributed by atoms with Crippen molar-refractivity contribution in [2.75, 3.05) is 5.73 Å². The Balaban J connectivity index is 3.48. The van der Waals surface area contributed by atoms with Gasteiger partial charge < -0.3 is 10.8 Å². The summed E-state index contributed by atoms with van der Waals surface area (Å²) in [5, 5.41) is 17.1. The van der Waals surface area contributed by atoms with Gasteiger partial charge in [0.05, 0.1) is 21.8 Å². The van der Waals surface area contributed by atoms with Gasteiger partial charge in [0.1, 0.15) is 0 Å². The van der Waals surface area contributed by atoms with Gasteiger partial charge in [-0.1, -0.05) is 0 Å². The lowest BCUT2D eigenvalue weighted by Gasteiger charge is -2.07. The van der Waals surface area contributed by atoms with Crippen LogP contribution >= 0.6 is 15.9 Å². The van der Waals surface area contributed by atoms with E-state index in [-0.39, 0.29) is 15.6 Å². The van der Waals surface area contributed by atoms with Gasteiger partial charge in [0, 0.05) is 6.08 Å². The first-order chi connectivity index (χ1) is 7.49. The summed E-state index contributed by atoms with van der Waals surface area (Å²) in [6.45, 7) is 0. The molecule has 0 bridgehead atoms. The topological polar surface area (TPSA) is 87.1 Å². The molecule has 0 atom stereocenters. The molecule has 82 valence electrons. The number of anilines is 1. The van der Waals surface area contributed by atoms with E-state index < -0.39 is 17.5 Å². The number of nitrogen functional groups attached to an aromatic ring is 1. The van der Waals surface area contributed by atoms with Crippen molar-refractivity contribution in [2.24, 2.45) is 0 Å². The van der Waals surface area contributed by atoms with E-state index in [1.807, 2.05) is 0 Å². The minimum Gasteiger partial charge on any atom is -0.478 e. The first kappa shape index (κ1) is 12.2. The number of benzene rings is 1. The van der Waals surface area contributed by atoms with Crippen molar-refractivity contribution in [1.82, 2.24) is 0 Å². The van der Waals surface area contributed by atoms with Gasteiger partial charge in [-0.25, -0.2) is 9.18 Å². The van der Waals surface area contributed by atoms with E-state index in [1.165, 1.54) is 12.1 Å². The highest BCUT2D eigenvalue weighted by Crippen LogP contribution is 2.29. The molecule has 1 rings (SSSR count). The average Bonchev–Trinajstić information content (AvgIpc) is 2.24. The number of carboxylic acids is 1. The Morgan fingerprint density at radius 2 is 2.31 bits per heavy atom. The van der Waals surface area contributed by atoms with E-state index >= 15 is 0 Å². The van der Waals surface area contributed by atoms with Crippen molar-refractivity contribution >= 4 is 33.7 Å². The molecule has 0 saturated carbocycles. The van der Waals surface area contributed by atoms with Crippen molar-refractivity contribution in [3.8, 4) is 6.07 Å². The van der Waals surface area contributed by atoms with Gasteiger partial charge >= 0.3 is 5.97 Å². The molecule has 0 saturated heterocycles. The van der Waals surface area contributed by atoms with Gasteiger partial charge in [-0.05, 0) is 33.6 Å². The summed E-state index contributed by atoms with van der Waals surface area (Å²) in [6.07, 6.45) is 2.40. The first-order valence-corrected chi connectivity index (χ1v) is 4.85. The maximum atomic E-state index is 13.5. The van der Waals surface area contributed by atoms with Crippen molar-refractivity contribution in [3.63, 3.8) is 0 Å². The highest BCUT2D eigenvalue weighted by atomic mass is 79.9. The highest BCUT2D eigenvalue weighted by molar-refractivity contribution is 9.10. The molecule has 0 fully saturated rings. The molecule has 1 aromatic carbocycles. The Morgan fingerprint density at radius 1 is 1.69 bits per heavy atom. The SMILES string of the molecule is N#C/C=C/c1cc(C(=O)O)c(N)c(F)c1Br. The van der Waals surface area contributed by atoms with E-state index in [4.69, 9.17) is 16.1 Å². The zero-order valence-corrected chi connectivity index (χ0v) is 9.45. The van der Waals surface area contributed by atoms with Crippen molar-refractivity contribution in [3.05, 3.63) is 33.6 Å². The van der Waals surface area contributed by atoms with Crippen molar-refractivity contribution < 1.29 is 14.3 Å². The fraction of sp³-hybridized carbons (Fsp3) is 0. The van der Waals surface area contributed by atoms with Crippen LogP contribution < -0.4 is 5.73 Å². The molecule has 3 N–H and O–H groups in total. The van der Waals surface area contributed by atoms with Gasteiger partial charge in [0.25, 0.3) is 0 Å². The van der Waals surface area contributed by atoms with Gasteiger partial charge in [0.15, 0.2) is 5.82 Å². The van der Waals surface area contributed by atoms with Crippen molar-refractivity contribution in [2.45, 2.75) is 0 Å². The molecule has 6 heteroatoms. The molecule has 1 aromatic rings. The number of nitrogens with two attached hydrogens (primary N) is 1. The predicted molar refractivity (Wildman–Crippen MR) is 60.1 cm³/mol. The molecular formula is C10H6BrFN2O2. The van der Waals surface area contributed by atoms with E-state index in [9.17, 15) is 9.18 Å². The maximum Gasteiger partial charge on any atom is 0.337 e. The number of allylic oxidation sites excluding steroid dienone is 1. The second kappa shape index (κ2) is 4.77. The third-order valence-electron chi connectivity index (χ3n) is 1.84. The fourth-order valence-electron chi connectivity index (χ4n) is 1.09. The molecular weight excluding hydrogens is 279 g/mol. The summed E-state index contributed by atoms with van der Waals surface area (Å²) in [6, 6.07) is 2.92. The number of nitriles is 1. The zero-order valence-electron chi connectivity index (χ0n) is 7.87. The number of carbonyl (C=O) groups is 1. The largest absolute Gasteiger partial charge is 0.478 e.